The van der Waals surface area contributed by atoms with E-state index in [2.05, 4.69) is 71.5 Å². The number of benzene rings is 2. The number of pyridine rings is 2. The summed E-state index contributed by atoms with van der Waals surface area (Å²) in [7, 11) is 0. The first-order valence-corrected chi connectivity index (χ1v) is 9.72. The SMILES string of the molecule is [CH2]c1cccc2c1C(Cc1ccncc1)(Cc1ccnc(F)c1)c1ccccc1-2. The first-order chi connectivity index (χ1) is 14.2. The minimum Gasteiger partial charge on any atom is -0.265 e. The summed E-state index contributed by atoms with van der Waals surface area (Å²) in [5.74, 6) is -0.448. The molecule has 0 saturated heterocycles. The Balaban J connectivity index is 1.78. The highest BCUT2D eigenvalue weighted by Gasteiger charge is 2.44. The van der Waals surface area contributed by atoms with Gasteiger partial charge >= 0.3 is 0 Å². The highest BCUT2D eigenvalue weighted by atomic mass is 19.1. The zero-order valence-corrected chi connectivity index (χ0v) is 16.0. The van der Waals surface area contributed by atoms with Gasteiger partial charge in [0.25, 0.3) is 0 Å². The van der Waals surface area contributed by atoms with Gasteiger partial charge in [0.15, 0.2) is 0 Å². The maximum atomic E-state index is 13.9. The first kappa shape index (κ1) is 17.7. The lowest BCUT2D eigenvalue weighted by Crippen LogP contribution is -2.32. The lowest BCUT2D eigenvalue weighted by atomic mass is 9.68. The Bertz CT molecular complexity index is 1190. The molecule has 0 aliphatic heterocycles. The molecule has 0 N–H and O–H groups in total. The van der Waals surface area contributed by atoms with E-state index >= 15 is 0 Å². The molecule has 1 radical (unpaired) electrons. The molecule has 2 nitrogen and oxygen atoms in total. The summed E-state index contributed by atoms with van der Waals surface area (Å²) in [6.07, 6.45) is 6.66. The van der Waals surface area contributed by atoms with Crippen LogP contribution in [0.2, 0.25) is 0 Å². The molecule has 1 aliphatic carbocycles. The molecule has 0 bridgehead atoms. The topological polar surface area (TPSA) is 25.8 Å². The molecule has 141 valence electrons. The molecule has 2 aromatic heterocycles. The number of rotatable bonds is 4. The summed E-state index contributed by atoms with van der Waals surface area (Å²) in [6, 6.07) is 22.4. The number of nitrogens with zero attached hydrogens (tertiary/aromatic N) is 2. The van der Waals surface area contributed by atoms with E-state index in [1.807, 2.05) is 18.5 Å². The van der Waals surface area contributed by atoms with Gasteiger partial charge in [-0.25, -0.2) is 4.98 Å². The van der Waals surface area contributed by atoms with Gasteiger partial charge in [-0.2, -0.15) is 4.39 Å². The lowest BCUT2D eigenvalue weighted by molar-refractivity contribution is 0.513. The number of hydrogen-bond acceptors (Lipinski definition) is 2. The summed E-state index contributed by atoms with van der Waals surface area (Å²) < 4.78 is 13.9. The van der Waals surface area contributed by atoms with Crippen LogP contribution < -0.4 is 0 Å². The maximum absolute atomic E-state index is 13.9. The van der Waals surface area contributed by atoms with Crippen LogP contribution in [0.3, 0.4) is 0 Å². The van der Waals surface area contributed by atoms with E-state index in [0.717, 1.165) is 17.5 Å². The molecular weight excluding hydrogens is 359 g/mol. The number of aromatic nitrogens is 2. The number of fused-ring (bicyclic) bond motifs is 3. The lowest BCUT2D eigenvalue weighted by Gasteiger charge is -2.34. The molecule has 0 fully saturated rings. The van der Waals surface area contributed by atoms with Crippen molar-refractivity contribution >= 4 is 0 Å². The van der Waals surface area contributed by atoms with E-state index in [1.165, 1.54) is 27.8 Å². The molecule has 0 amide bonds. The number of hydrogen-bond donors (Lipinski definition) is 0. The summed E-state index contributed by atoms with van der Waals surface area (Å²) in [5, 5.41) is 0. The third-order valence-electron chi connectivity index (χ3n) is 5.91. The van der Waals surface area contributed by atoms with Crippen molar-refractivity contribution in [1.29, 1.82) is 0 Å². The van der Waals surface area contributed by atoms with Crippen LogP contribution in [-0.4, -0.2) is 9.97 Å². The predicted octanol–water partition coefficient (Wildman–Crippen LogP) is 5.55. The van der Waals surface area contributed by atoms with Crippen molar-refractivity contribution < 1.29 is 4.39 Å². The molecule has 2 heterocycles. The van der Waals surface area contributed by atoms with E-state index in [0.29, 0.717) is 6.42 Å². The van der Waals surface area contributed by atoms with Gasteiger partial charge in [-0.3, -0.25) is 4.98 Å². The van der Waals surface area contributed by atoms with Gasteiger partial charge in [-0.1, -0.05) is 42.5 Å². The fourth-order valence-electron chi connectivity index (χ4n) is 4.84. The second-order valence-corrected chi connectivity index (χ2v) is 7.66. The normalized spacial score (nSPS) is 17.0. The second kappa shape index (κ2) is 6.93. The van der Waals surface area contributed by atoms with Crippen molar-refractivity contribution in [2.75, 3.05) is 0 Å². The Morgan fingerprint density at radius 3 is 2.34 bits per heavy atom. The van der Waals surface area contributed by atoms with Gasteiger partial charge in [0.2, 0.25) is 5.95 Å². The van der Waals surface area contributed by atoms with Crippen LogP contribution in [0.4, 0.5) is 4.39 Å². The molecule has 4 aromatic rings. The van der Waals surface area contributed by atoms with Crippen LogP contribution in [-0.2, 0) is 18.3 Å². The highest BCUT2D eigenvalue weighted by Crippen LogP contribution is 2.53. The fraction of sp³-hybridized carbons (Fsp3) is 0.115. The van der Waals surface area contributed by atoms with Gasteiger partial charge in [0, 0.05) is 24.0 Å². The van der Waals surface area contributed by atoms with Crippen molar-refractivity contribution in [1.82, 2.24) is 9.97 Å². The molecule has 3 heteroatoms. The van der Waals surface area contributed by atoms with Gasteiger partial charge in [0.1, 0.15) is 0 Å². The highest BCUT2D eigenvalue weighted by molar-refractivity contribution is 5.83. The second-order valence-electron chi connectivity index (χ2n) is 7.66. The summed E-state index contributed by atoms with van der Waals surface area (Å²) in [4.78, 5) is 7.91. The molecule has 1 aliphatic rings. The Hall–Kier alpha value is -3.33. The standard InChI is InChI=1S/C26H20FN2/c1-18-5-4-7-22-21-6-2-3-8-23(21)26(25(18)22,16-19-9-12-28-13-10-19)17-20-11-14-29-24(27)15-20/h2-15H,1,16-17H2. The van der Waals surface area contributed by atoms with E-state index < -0.39 is 5.95 Å². The molecule has 5 rings (SSSR count). The molecule has 0 saturated carbocycles. The molecule has 1 atom stereocenters. The Kier molecular flexibility index (Phi) is 4.24. The molecular formula is C26H20FN2. The smallest absolute Gasteiger partial charge is 0.213 e. The Morgan fingerprint density at radius 1 is 0.793 bits per heavy atom. The average molecular weight is 379 g/mol. The maximum Gasteiger partial charge on any atom is 0.213 e. The summed E-state index contributed by atoms with van der Waals surface area (Å²) >= 11 is 0. The average Bonchev–Trinajstić information content (AvgIpc) is 3.00. The van der Waals surface area contributed by atoms with E-state index in [9.17, 15) is 4.39 Å². The van der Waals surface area contributed by atoms with Crippen LogP contribution >= 0.6 is 0 Å². The van der Waals surface area contributed by atoms with E-state index in [4.69, 9.17) is 0 Å². The summed E-state index contributed by atoms with van der Waals surface area (Å²) in [5.41, 5.74) is 7.75. The van der Waals surface area contributed by atoms with E-state index in [-0.39, 0.29) is 5.41 Å². The van der Waals surface area contributed by atoms with Crippen molar-refractivity contribution in [3.05, 3.63) is 126 Å². The van der Waals surface area contributed by atoms with Crippen LogP contribution in [0.25, 0.3) is 11.1 Å². The zero-order chi connectivity index (χ0) is 19.8. The zero-order valence-electron chi connectivity index (χ0n) is 16.0. The minimum atomic E-state index is -0.448. The van der Waals surface area contributed by atoms with Crippen molar-refractivity contribution in [2.24, 2.45) is 0 Å². The summed E-state index contributed by atoms with van der Waals surface area (Å²) in [6.45, 7) is 4.37. The largest absolute Gasteiger partial charge is 0.265 e. The quantitative estimate of drug-likeness (QED) is 0.435. The van der Waals surface area contributed by atoms with E-state index in [1.54, 1.807) is 12.3 Å². The van der Waals surface area contributed by atoms with Crippen LogP contribution in [0, 0.1) is 12.9 Å². The van der Waals surface area contributed by atoms with Gasteiger partial charge in [-0.05, 0) is 83.0 Å². The number of halogens is 1. The van der Waals surface area contributed by atoms with Crippen LogP contribution in [0.5, 0.6) is 0 Å². The first-order valence-electron chi connectivity index (χ1n) is 9.72. The van der Waals surface area contributed by atoms with Gasteiger partial charge < -0.3 is 0 Å². The van der Waals surface area contributed by atoms with Crippen LogP contribution in [0.15, 0.2) is 85.3 Å². The molecule has 29 heavy (non-hydrogen) atoms. The molecule has 0 spiro atoms. The van der Waals surface area contributed by atoms with Crippen molar-refractivity contribution in [3.63, 3.8) is 0 Å². The third-order valence-corrected chi connectivity index (χ3v) is 5.91. The van der Waals surface area contributed by atoms with Crippen LogP contribution in [0.1, 0.15) is 27.8 Å². The molecule has 2 aromatic carbocycles. The molecule has 1 unspecified atom stereocenters. The Morgan fingerprint density at radius 2 is 1.52 bits per heavy atom. The van der Waals surface area contributed by atoms with Gasteiger partial charge in [0.05, 0.1) is 0 Å². The van der Waals surface area contributed by atoms with Crippen molar-refractivity contribution in [3.8, 4) is 11.1 Å². The van der Waals surface area contributed by atoms with Gasteiger partial charge in [-0.15, -0.1) is 0 Å². The fourth-order valence-corrected chi connectivity index (χ4v) is 4.84. The predicted molar refractivity (Wildman–Crippen MR) is 113 cm³/mol. The van der Waals surface area contributed by atoms with Crippen molar-refractivity contribution in [2.45, 2.75) is 18.3 Å². The Labute approximate surface area is 170 Å². The third kappa shape index (κ3) is 2.94. The monoisotopic (exact) mass is 379 g/mol. The minimum absolute atomic E-state index is 0.334.